The first-order valence-electron chi connectivity index (χ1n) is 24.2. The van der Waals surface area contributed by atoms with E-state index in [0.717, 1.165) is 41.7 Å². The molecule has 2 saturated heterocycles. The van der Waals surface area contributed by atoms with E-state index >= 15 is 14.4 Å². The predicted molar refractivity (Wildman–Crippen MR) is 262 cm³/mol. The van der Waals surface area contributed by atoms with Gasteiger partial charge in [-0.3, -0.25) is 19.3 Å². The number of rotatable bonds is 12. The van der Waals surface area contributed by atoms with Crippen LogP contribution < -0.4 is 15.0 Å². The Morgan fingerprint density at radius 1 is 0.831 bits per heavy atom. The van der Waals surface area contributed by atoms with Crippen LogP contribution in [0.1, 0.15) is 90.4 Å². The van der Waals surface area contributed by atoms with Gasteiger partial charge in [0.1, 0.15) is 47.9 Å². The lowest BCUT2D eigenvalue weighted by molar-refractivity contribution is -0.178. The Kier molecular flexibility index (Phi) is 13.4. The number of hydrogen-bond acceptors (Lipinski definition) is 12. The van der Waals surface area contributed by atoms with Crippen molar-refractivity contribution in [2.24, 2.45) is 5.92 Å². The van der Waals surface area contributed by atoms with Crippen molar-refractivity contribution in [1.82, 2.24) is 20.2 Å². The fourth-order valence-corrected chi connectivity index (χ4v) is 11.1. The number of imidazole rings is 1. The maximum atomic E-state index is 16.5. The first-order chi connectivity index (χ1) is 34.6. The molecule has 6 atom stereocenters. The molecule has 15 heteroatoms. The number of anilines is 1. The number of H-pyrrole nitrogens is 1. The van der Waals surface area contributed by atoms with Gasteiger partial charge in [-0.05, 0) is 90.4 Å². The number of carbonyl (C=O) groups is 4. The minimum absolute atomic E-state index is 0.0278. The third-order valence-electron chi connectivity index (χ3n) is 14.2. The van der Waals surface area contributed by atoms with Crippen LogP contribution in [-0.2, 0) is 40.6 Å². The smallest absolute Gasteiger partial charge is 0.421 e. The van der Waals surface area contributed by atoms with Crippen molar-refractivity contribution in [2.45, 2.75) is 80.3 Å². The molecular weight excluding hydrogens is 903 g/mol. The van der Waals surface area contributed by atoms with Gasteiger partial charge in [-0.15, -0.1) is 0 Å². The third-order valence-corrected chi connectivity index (χ3v) is 14.2. The number of aliphatic hydroxyl groups is 2. The summed E-state index contributed by atoms with van der Waals surface area (Å²) in [5.74, 6) is 3.45. The molecule has 364 valence electrons. The molecule has 6 aromatic rings. The number of carbonyl (C=O) groups excluding carboxylic acids is 4. The zero-order valence-corrected chi connectivity index (χ0v) is 39.3. The lowest BCUT2D eigenvalue weighted by Crippen LogP contribution is -2.55. The second kappa shape index (κ2) is 20.2. The Hall–Kier alpha value is -7.35. The molecule has 3 fully saturated rings. The maximum Gasteiger partial charge on any atom is 0.421 e. The fraction of sp³-hybridized carbons (Fsp3) is 0.339. The number of morpholine rings is 1. The molecule has 1 saturated carbocycles. The molecule has 71 heavy (non-hydrogen) atoms. The van der Waals surface area contributed by atoms with Gasteiger partial charge in [0.15, 0.2) is 0 Å². The highest BCUT2D eigenvalue weighted by atomic mass is 16.6. The molecule has 0 radical (unpaired) electrons. The number of methoxy groups -OCH3 is 1. The summed E-state index contributed by atoms with van der Waals surface area (Å²) in [4.78, 5) is 73.3. The Bertz CT molecular complexity index is 2950. The van der Waals surface area contributed by atoms with Gasteiger partial charge < -0.3 is 39.5 Å². The summed E-state index contributed by atoms with van der Waals surface area (Å²) in [6.07, 6.45) is 2.71. The van der Waals surface area contributed by atoms with Crippen LogP contribution in [0.15, 0.2) is 127 Å². The van der Waals surface area contributed by atoms with Gasteiger partial charge in [0, 0.05) is 12.7 Å². The quantitative estimate of drug-likeness (QED) is 0.0420. The van der Waals surface area contributed by atoms with E-state index in [1.54, 1.807) is 42.5 Å². The molecule has 1 aromatic heterocycles. The van der Waals surface area contributed by atoms with E-state index in [2.05, 4.69) is 22.1 Å². The molecule has 10 rings (SSSR count). The van der Waals surface area contributed by atoms with E-state index in [0.29, 0.717) is 46.6 Å². The average Bonchev–Trinajstić information content (AvgIpc) is 3.98. The summed E-state index contributed by atoms with van der Waals surface area (Å²) in [5.41, 5.74) is 0.869. The zero-order chi connectivity index (χ0) is 49.1. The van der Waals surface area contributed by atoms with Crippen LogP contribution in [0.3, 0.4) is 0 Å². The summed E-state index contributed by atoms with van der Waals surface area (Å²) >= 11 is 0. The number of aromatic nitrogens is 2. The Labute approximate surface area is 411 Å². The number of aromatic amines is 1. The minimum atomic E-state index is -2.08. The predicted octanol–water partition coefficient (Wildman–Crippen LogP) is 7.14. The largest absolute Gasteiger partial charge is 0.491 e. The summed E-state index contributed by atoms with van der Waals surface area (Å²) in [7, 11) is 1.46. The van der Waals surface area contributed by atoms with Gasteiger partial charge in [0.25, 0.3) is 0 Å². The van der Waals surface area contributed by atoms with Crippen LogP contribution in [0.5, 0.6) is 5.75 Å². The summed E-state index contributed by atoms with van der Waals surface area (Å²) < 4.78 is 23.4. The Balaban J connectivity index is 1.24. The number of aliphatic hydroxyl groups excluding tert-OH is 1. The van der Waals surface area contributed by atoms with Crippen molar-refractivity contribution in [2.75, 3.05) is 38.4 Å². The standard InChI is InChI=1S/C56H55N5O10/c1-68-32-33-70-54(66)60-44-25-20-36(26-29-55(67)27-12-2-3-13-28-55)34-41(44)56(53(60)65)46(51(63)57-35-45-58-42-18-10-11-19-43(42)59-45)48-52(64)71-49(38-16-8-5-9-17-38)47(37-14-6-4-7-15-37)61(48)50(56)39-21-23-40(24-22-39)69-31-30-62/h4-11,14-25,34,46-50,62,67H,2-3,12-13,27-28,30-33,35H2,1H3,(H,57,63)(H,58,59)/t46-,47-,48-,49+,50+,56-/m0/s1. The van der Waals surface area contributed by atoms with Crippen LogP contribution >= 0.6 is 0 Å². The molecule has 4 aliphatic rings. The lowest BCUT2D eigenvalue weighted by Gasteiger charge is -2.46. The average molecular weight is 958 g/mol. The van der Waals surface area contributed by atoms with Crippen LogP contribution in [0.2, 0.25) is 0 Å². The molecule has 0 bridgehead atoms. The van der Waals surface area contributed by atoms with E-state index in [4.69, 9.17) is 23.9 Å². The summed E-state index contributed by atoms with van der Waals surface area (Å²) in [6.45, 7) is -0.434. The number of benzene rings is 5. The molecule has 0 unspecified atom stereocenters. The number of esters is 1. The van der Waals surface area contributed by atoms with E-state index in [1.165, 1.54) is 7.11 Å². The van der Waals surface area contributed by atoms with Gasteiger partial charge >= 0.3 is 12.1 Å². The third kappa shape index (κ3) is 8.82. The van der Waals surface area contributed by atoms with E-state index < -0.39 is 65.0 Å². The second-order valence-electron chi connectivity index (χ2n) is 18.5. The summed E-state index contributed by atoms with van der Waals surface area (Å²) in [5, 5.41) is 24.4. The van der Waals surface area contributed by atoms with E-state index in [-0.39, 0.29) is 44.2 Å². The number of fused-ring (bicyclic) bond motifs is 4. The van der Waals surface area contributed by atoms with Gasteiger partial charge in [0.2, 0.25) is 11.8 Å². The van der Waals surface area contributed by atoms with E-state index in [1.807, 2.05) is 89.8 Å². The van der Waals surface area contributed by atoms with E-state index in [9.17, 15) is 15.0 Å². The number of para-hydroxylation sites is 2. The van der Waals surface area contributed by atoms with Crippen molar-refractivity contribution < 1.29 is 48.3 Å². The molecular formula is C56H55N5O10. The molecule has 1 aliphatic carbocycles. The number of cyclic esters (lactones) is 1. The van der Waals surface area contributed by atoms with Gasteiger partial charge in [0.05, 0.1) is 54.5 Å². The van der Waals surface area contributed by atoms with Crippen molar-refractivity contribution in [1.29, 1.82) is 0 Å². The van der Waals surface area contributed by atoms with Crippen molar-refractivity contribution in [3.05, 3.63) is 161 Å². The first kappa shape index (κ1) is 47.3. The van der Waals surface area contributed by atoms with Crippen molar-refractivity contribution in [3.63, 3.8) is 0 Å². The molecule has 4 heterocycles. The zero-order valence-electron chi connectivity index (χ0n) is 39.3. The number of ether oxygens (including phenoxy) is 4. The molecule has 4 N–H and O–H groups in total. The van der Waals surface area contributed by atoms with Crippen LogP contribution in [0.25, 0.3) is 11.0 Å². The summed E-state index contributed by atoms with van der Waals surface area (Å²) in [6, 6.07) is 34.9. The first-order valence-corrected chi connectivity index (χ1v) is 24.2. The number of nitrogens with one attached hydrogen (secondary N) is 2. The second-order valence-corrected chi connectivity index (χ2v) is 18.5. The molecule has 5 aromatic carbocycles. The van der Waals surface area contributed by atoms with Gasteiger partial charge in [-0.25, -0.2) is 14.7 Å². The highest BCUT2D eigenvalue weighted by Gasteiger charge is 2.75. The van der Waals surface area contributed by atoms with Crippen LogP contribution in [0, 0.1) is 17.8 Å². The highest BCUT2D eigenvalue weighted by molar-refractivity contribution is 6.23. The molecule has 3 amide bonds. The van der Waals surface area contributed by atoms with Crippen LogP contribution in [0.4, 0.5) is 10.5 Å². The lowest BCUT2D eigenvalue weighted by atomic mass is 9.65. The number of imide groups is 1. The highest BCUT2D eigenvalue weighted by Crippen LogP contribution is 2.66. The molecule has 15 nitrogen and oxygen atoms in total. The Morgan fingerprint density at radius 2 is 1.54 bits per heavy atom. The SMILES string of the molecule is COCCOC(=O)N1C(=O)[C@@]2(c3cc(C#CC4(O)CCCCCC4)ccc31)[C@H](C(=O)NCc1nc3ccccc3[nH]1)[C@H]1C(=O)O[C@H](c3ccccc3)[C@H](c3ccccc3)N1[C@@H]2c1ccc(OCCO)cc1. The maximum absolute atomic E-state index is 16.5. The van der Waals surface area contributed by atoms with Crippen LogP contribution in [-0.4, -0.2) is 94.1 Å². The topological polar surface area (TPSA) is 193 Å². The van der Waals surface area contributed by atoms with Gasteiger partial charge in [-0.2, -0.15) is 0 Å². The number of nitrogens with zero attached hydrogens (tertiary/aromatic N) is 3. The normalized spacial score (nSPS) is 23.5. The van der Waals surface area contributed by atoms with Crippen molar-refractivity contribution >= 4 is 40.6 Å². The molecule has 3 aliphatic heterocycles. The number of amides is 3. The fourth-order valence-electron chi connectivity index (χ4n) is 11.1. The monoisotopic (exact) mass is 957 g/mol. The molecule has 1 spiro atoms. The van der Waals surface area contributed by atoms with Crippen molar-refractivity contribution in [3.8, 4) is 17.6 Å². The van der Waals surface area contributed by atoms with Gasteiger partial charge in [-0.1, -0.05) is 110 Å². The Morgan fingerprint density at radius 3 is 2.24 bits per heavy atom. The number of hydrogen-bond donors (Lipinski definition) is 4. The minimum Gasteiger partial charge on any atom is -0.491 e.